The summed E-state index contributed by atoms with van der Waals surface area (Å²) in [7, 11) is -2.94. The number of hydrogen-bond acceptors (Lipinski definition) is 3. The predicted molar refractivity (Wildman–Crippen MR) is 82.5 cm³/mol. The number of sulfone groups is 1. The van der Waals surface area contributed by atoms with Crippen molar-refractivity contribution in [3.8, 4) is 0 Å². The molecular weight excluding hydrogens is 286 g/mol. The highest BCUT2D eigenvalue weighted by atomic mass is 32.2. The van der Waals surface area contributed by atoms with Gasteiger partial charge in [0.15, 0.2) is 9.84 Å². The Kier molecular flexibility index (Phi) is 4.12. The van der Waals surface area contributed by atoms with Crippen molar-refractivity contribution in [2.45, 2.75) is 45.1 Å². The van der Waals surface area contributed by atoms with Crippen LogP contribution < -0.4 is 0 Å². The smallest absolute Gasteiger partial charge is 0.226 e. The maximum atomic E-state index is 12.9. The molecule has 118 valence electrons. The summed E-state index contributed by atoms with van der Waals surface area (Å²) in [5.41, 5.74) is 0. The molecule has 1 amide bonds. The minimum absolute atomic E-state index is 0.0860. The first-order valence-corrected chi connectivity index (χ1v) is 10.0. The van der Waals surface area contributed by atoms with Crippen LogP contribution >= 0.6 is 0 Å². The van der Waals surface area contributed by atoms with Crippen LogP contribution in [0.4, 0.5) is 0 Å². The average Bonchev–Trinajstić information content (AvgIpc) is 3.14. The van der Waals surface area contributed by atoms with Crippen LogP contribution in [0.25, 0.3) is 0 Å². The molecule has 2 bridgehead atoms. The molecule has 4 nitrogen and oxygen atoms in total. The Morgan fingerprint density at radius 3 is 2.62 bits per heavy atom. The van der Waals surface area contributed by atoms with Gasteiger partial charge in [0.05, 0.1) is 11.5 Å². The van der Waals surface area contributed by atoms with Gasteiger partial charge in [0.25, 0.3) is 0 Å². The molecule has 0 unspecified atom stereocenters. The lowest BCUT2D eigenvalue weighted by Gasteiger charge is -2.32. The molecule has 3 rings (SSSR count). The molecule has 0 aromatic carbocycles. The van der Waals surface area contributed by atoms with Gasteiger partial charge in [-0.2, -0.15) is 0 Å². The first-order valence-electron chi connectivity index (χ1n) is 8.19. The fraction of sp³-hybridized carbons (Fsp3) is 0.812. The fourth-order valence-electron chi connectivity index (χ4n) is 4.10. The number of rotatable bonds is 5. The van der Waals surface area contributed by atoms with Gasteiger partial charge in [-0.1, -0.05) is 25.5 Å². The van der Waals surface area contributed by atoms with E-state index in [-0.39, 0.29) is 29.4 Å². The number of amides is 1. The normalized spacial score (nSPS) is 36.2. The van der Waals surface area contributed by atoms with Crippen molar-refractivity contribution in [1.29, 1.82) is 0 Å². The second-order valence-electron chi connectivity index (χ2n) is 6.83. The summed E-state index contributed by atoms with van der Waals surface area (Å²) in [4.78, 5) is 14.8. The molecule has 3 aliphatic rings. The maximum Gasteiger partial charge on any atom is 0.226 e. The number of carbonyl (C=O) groups is 1. The highest BCUT2D eigenvalue weighted by Crippen LogP contribution is 2.44. The predicted octanol–water partition coefficient (Wildman–Crippen LogP) is 2.01. The number of allylic oxidation sites excluding steroid dienone is 2. The molecule has 1 heterocycles. The van der Waals surface area contributed by atoms with Gasteiger partial charge < -0.3 is 4.90 Å². The van der Waals surface area contributed by atoms with Crippen LogP contribution in [0.3, 0.4) is 0 Å². The molecule has 1 saturated carbocycles. The second kappa shape index (κ2) is 5.75. The molecular formula is C16H25NO3S. The molecule has 0 aromatic heterocycles. The molecule has 0 N–H and O–H groups in total. The summed E-state index contributed by atoms with van der Waals surface area (Å²) in [6.07, 6.45) is 9.11. The van der Waals surface area contributed by atoms with Gasteiger partial charge in [-0.05, 0) is 37.5 Å². The van der Waals surface area contributed by atoms with E-state index >= 15 is 0 Å². The molecule has 1 aliphatic heterocycles. The van der Waals surface area contributed by atoms with Crippen LogP contribution in [0.5, 0.6) is 0 Å². The van der Waals surface area contributed by atoms with Crippen molar-refractivity contribution >= 4 is 15.7 Å². The van der Waals surface area contributed by atoms with Gasteiger partial charge in [0.1, 0.15) is 0 Å². The molecule has 4 atom stereocenters. The molecule has 5 heteroatoms. The first-order chi connectivity index (χ1) is 10.00. The van der Waals surface area contributed by atoms with Crippen LogP contribution in [0.1, 0.15) is 39.0 Å². The zero-order chi connectivity index (χ0) is 15.0. The molecule has 0 radical (unpaired) electrons. The van der Waals surface area contributed by atoms with E-state index in [1.807, 2.05) is 4.90 Å². The summed E-state index contributed by atoms with van der Waals surface area (Å²) in [6.45, 7) is 2.82. The summed E-state index contributed by atoms with van der Waals surface area (Å²) >= 11 is 0. The van der Waals surface area contributed by atoms with E-state index in [2.05, 4.69) is 19.1 Å². The van der Waals surface area contributed by atoms with Crippen LogP contribution in [-0.4, -0.2) is 43.3 Å². The number of nitrogens with zero attached hydrogens (tertiary/aromatic N) is 1. The third-order valence-corrected chi connectivity index (χ3v) is 7.03. The van der Waals surface area contributed by atoms with Gasteiger partial charge in [-0.25, -0.2) is 8.42 Å². The number of fused-ring (bicyclic) bond motifs is 2. The third-order valence-electron chi connectivity index (χ3n) is 5.28. The largest absolute Gasteiger partial charge is 0.338 e. The lowest BCUT2D eigenvalue weighted by atomic mass is 9.91. The minimum atomic E-state index is -2.94. The van der Waals surface area contributed by atoms with E-state index < -0.39 is 9.84 Å². The Balaban J connectivity index is 1.73. The molecule has 0 spiro atoms. The van der Waals surface area contributed by atoms with E-state index in [9.17, 15) is 13.2 Å². The first kappa shape index (κ1) is 15.1. The van der Waals surface area contributed by atoms with E-state index in [0.717, 1.165) is 25.7 Å². The van der Waals surface area contributed by atoms with Crippen molar-refractivity contribution in [1.82, 2.24) is 4.90 Å². The zero-order valence-electron chi connectivity index (χ0n) is 12.7. The van der Waals surface area contributed by atoms with Gasteiger partial charge in [0.2, 0.25) is 5.91 Å². The monoisotopic (exact) mass is 311 g/mol. The molecule has 2 fully saturated rings. The highest BCUT2D eigenvalue weighted by Gasteiger charge is 2.44. The molecule has 0 aromatic rings. The Morgan fingerprint density at radius 1 is 1.29 bits per heavy atom. The Bertz CT molecular complexity index is 540. The lowest BCUT2D eigenvalue weighted by Crippen LogP contribution is -2.45. The van der Waals surface area contributed by atoms with E-state index in [1.165, 1.54) is 0 Å². The SMILES string of the molecule is CCCCN(C(=O)[C@@H]1C[C@H]2C=C[C@H]1C2)[C@@H]1CCS(=O)(=O)C1. The molecule has 2 aliphatic carbocycles. The third kappa shape index (κ3) is 3.03. The summed E-state index contributed by atoms with van der Waals surface area (Å²) < 4.78 is 23.5. The molecule has 21 heavy (non-hydrogen) atoms. The van der Waals surface area contributed by atoms with E-state index in [1.54, 1.807) is 0 Å². The van der Waals surface area contributed by atoms with Crippen molar-refractivity contribution in [2.75, 3.05) is 18.1 Å². The Hall–Kier alpha value is -0.840. The van der Waals surface area contributed by atoms with Crippen LogP contribution in [0.2, 0.25) is 0 Å². The Labute approximate surface area is 127 Å². The van der Waals surface area contributed by atoms with Crippen molar-refractivity contribution in [3.63, 3.8) is 0 Å². The summed E-state index contributed by atoms with van der Waals surface area (Å²) in [5, 5.41) is 0. The fourth-order valence-corrected chi connectivity index (χ4v) is 5.83. The van der Waals surface area contributed by atoms with Crippen LogP contribution in [0, 0.1) is 17.8 Å². The van der Waals surface area contributed by atoms with Crippen LogP contribution in [-0.2, 0) is 14.6 Å². The van der Waals surface area contributed by atoms with E-state index in [4.69, 9.17) is 0 Å². The van der Waals surface area contributed by atoms with E-state index in [0.29, 0.717) is 24.8 Å². The van der Waals surface area contributed by atoms with Gasteiger partial charge in [-0.3, -0.25) is 4.79 Å². The number of hydrogen-bond donors (Lipinski definition) is 0. The summed E-state index contributed by atoms with van der Waals surface area (Å²) in [5.74, 6) is 1.68. The standard InChI is InChI=1S/C16H25NO3S/c1-2-3-7-17(14-6-8-21(19,20)11-14)16(18)15-10-12-4-5-13(15)9-12/h4-5,12-15H,2-3,6-11H2,1H3/t12-,13-,14+,15+/m0/s1. The Morgan fingerprint density at radius 2 is 2.10 bits per heavy atom. The number of unbranched alkanes of at least 4 members (excludes halogenated alkanes) is 1. The van der Waals surface area contributed by atoms with Crippen LogP contribution in [0.15, 0.2) is 12.2 Å². The minimum Gasteiger partial charge on any atom is -0.338 e. The highest BCUT2D eigenvalue weighted by molar-refractivity contribution is 7.91. The lowest BCUT2D eigenvalue weighted by molar-refractivity contribution is -0.138. The zero-order valence-corrected chi connectivity index (χ0v) is 13.5. The van der Waals surface area contributed by atoms with Gasteiger partial charge in [-0.15, -0.1) is 0 Å². The second-order valence-corrected chi connectivity index (χ2v) is 9.06. The number of carbonyl (C=O) groups excluding carboxylic acids is 1. The van der Waals surface area contributed by atoms with Crippen molar-refractivity contribution < 1.29 is 13.2 Å². The van der Waals surface area contributed by atoms with Crippen molar-refractivity contribution in [2.24, 2.45) is 17.8 Å². The average molecular weight is 311 g/mol. The topological polar surface area (TPSA) is 54.5 Å². The maximum absolute atomic E-state index is 12.9. The van der Waals surface area contributed by atoms with Gasteiger partial charge >= 0.3 is 0 Å². The van der Waals surface area contributed by atoms with Crippen molar-refractivity contribution in [3.05, 3.63) is 12.2 Å². The van der Waals surface area contributed by atoms with Gasteiger partial charge in [0, 0.05) is 18.5 Å². The quantitative estimate of drug-likeness (QED) is 0.730. The molecule has 1 saturated heterocycles. The summed E-state index contributed by atoms with van der Waals surface area (Å²) in [6, 6.07) is -0.0860.